The molecule has 1 heterocycles. The standard InChI is InChI=1S/C27H22N2O4/c1-3-14-31-20-10-8-19(9-11-20)27(30)32-21-12-13-22-24(15-21)33-26(29)23(16-28)25(22)18-6-4-17(2)5-7-18/h3-13,15,25H,1,14,29H2,2H3. The molecule has 0 spiro atoms. The van der Waals surface area contributed by atoms with Gasteiger partial charge in [-0.05, 0) is 42.8 Å². The van der Waals surface area contributed by atoms with Crippen LogP contribution in [0, 0.1) is 18.3 Å². The molecule has 0 bridgehead atoms. The number of esters is 1. The third kappa shape index (κ3) is 4.58. The van der Waals surface area contributed by atoms with Gasteiger partial charge < -0.3 is 19.9 Å². The molecule has 3 aromatic carbocycles. The minimum absolute atomic E-state index is 0.0363. The van der Waals surface area contributed by atoms with E-state index in [1.807, 2.05) is 31.2 Å². The Morgan fingerprint density at radius 3 is 2.48 bits per heavy atom. The summed E-state index contributed by atoms with van der Waals surface area (Å²) in [5.74, 6) is 0.530. The van der Waals surface area contributed by atoms with Crippen molar-refractivity contribution >= 4 is 5.97 Å². The summed E-state index contributed by atoms with van der Waals surface area (Å²) in [4.78, 5) is 12.6. The second-order valence-corrected chi connectivity index (χ2v) is 7.55. The maximum Gasteiger partial charge on any atom is 0.343 e. The van der Waals surface area contributed by atoms with Crippen LogP contribution in [0.25, 0.3) is 0 Å². The van der Waals surface area contributed by atoms with Gasteiger partial charge >= 0.3 is 5.97 Å². The summed E-state index contributed by atoms with van der Waals surface area (Å²) in [5, 5.41) is 9.69. The average Bonchev–Trinajstić information content (AvgIpc) is 2.82. The maximum atomic E-state index is 12.6. The van der Waals surface area contributed by atoms with Gasteiger partial charge in [-0.25, -0.2) is 4.79 Å². The number of benzene rings is 3. The average molecular weight is 438 g/mol. The van der Waals surface area contributed by atoms with Gasteiger partial charge in [-0.2, -0.15) is 5.26 Å². The second-order valence-electron chi connectivity index (χ2n) is 7.55. The largest absolute Gasteiger partial charge is 0.490 e. The zero-order valence-corrected chi connectivity index (χ0v) is 18.1. The molecule has 1 aliphatic rings. The molecule has 33 heavy (non-hydrogen) atoms. The molecule has 0 radical (unpaired) electrons. The van der Waals surface area contributed by atoms with Crippen molar-refractivity contribution in [1.29, 1.82) is 5.26 Å². The number of hydrogen-bond donors (Lipinski definition) is 1. The molecule has 2 N–H and O–H groups in total. The van der Waals surface area contributed by atoms with Crippen LogP contribution in [-0.2, 0) is 0 Å². The van der Waals surface area contributed by atoms with Crippen LogP contribution in [0.15, 0.2) is 90.8 Å². The first-order chi connectivity index (χ1) is 16.0. The molecule has 164 valence electrons. The number of rotatable bonds is 6. The number of nitrogens with zero attached hydrogens (tertiary/aromatic N) is 1. The van der Waals surface area contributed by atoms with Crippen LogP contribution in [-0.4, -0.2) is 12.6 Å². The predicted octanol–water partition coefficient (Wildman–Crippen LogP) is 5.00. The first-order valence-corrected chi connectivity index (χ1v) is 10.3. The van der Waals surface area contributed by atoms with Gasteiger partial charge in [0.25, 0.3) is 0 Å². The number of aryl methyl sites for hydroxylation is 1. The van der Waals surface area contributed by atoms with Crippen molar-refractivity contribution in [2.75, 3.05) is 6.61 Å². The molecule has 0 fully saturated rings. The number of allylic oxidation sites excluding steroid dienone is 1. The van der Waals surface area contributed by atoms with Crippen LogP contribution in [0.3, 0.4) is 0 Å². The topological polar surface area (TPSA) is 94.6 Å². The van der Waals surface area contributed by atoms with Gasteiger partial charge in [-0.3, -0.25) is 0 Å². The molecule has 1 unspecified atom stereocenters. The van der Waals surface area contributed by atoms with Crippen molar-refractivity contribution in [2.24, 2.45) is 5.73 Å². The van der Waals surface area contributed by atoms with Crippen LogP contribution < -0.4 is 19.9 Å². The fourth-order valence-electron chi connectivity index (χ4n) is 3.61. The lowest BCUT2D eigenvalue weighted by Gasteiger charge is -2.26. The zero-order valence-electron chi connectivity index (χ0n) is 18.1. The van der Waals surface area contributed by atoms with Gasteiger partial charge in [-0.1, -0.05) is 48.6 Å². The van der Waals surface area contributed by atoms with Crippen molar-refractivity contribution < 1.29 is 19.0 Å². The summed E-state index contributed by atoms with van der Waals surface area (Å²) in [5.41, 5.74) is 9.59. The molecule has 0 amide bonds. The molecule has 0 aromatic heterocycles. The molecule has 4 rings (SSSR count). The molecule has 6 nitrogen and oxygen atoms in total. The van der Waals surface area contributed by atoms with Crippen molar-refractivity contribution in [3.8, 4) is 23.3 Å². The summed E-state index contributed by atoms with van der Waals surface area (Å²) in [7, 11) is 0. The Balaban J connectivity index is 1.59. The molecule has 0 saturated heterocycles. The lowest BCUT2D eigenvalue weighted by molar-refractivity contribution is 0.0734. The predicted molar refractivity (Wildman–Crippen MR) is 124 cm³/mol. The molecular formula is C27H22N2O4. The molecule has 3 aromatic rings. The van der Waals surface area contributed by atoms with E-state index in [1.54, 1.807) is 48.5 Å². The van der Waals surface area contributed by atoms with Crippen LogP contribution in [0.1, 0.15) is 33.0 Å². The lowest BCUT2D eigenvalue weighted by Crippen LogP contribution is -2.21. The Kier molecular flexibility index (Phi) is 6.14. The third-order valence-electron chi connectivity index (χ3n) is 5.27. The van der Waals surface area contributed by atoms with Crippen molar-refractivity contribution in [3.05, 3.63) is 113 Å². The summed E-state index contributed by atoms with van der Waals surface area (Å²) >= 11 is 0. The van der Waals surface area contributed by atoms with E-state index in [2.05, 4.69) is 12.6 Å². The monoisotopic (exact) mass is 438 g/mol. The van der Waals surface area contributed by atoms with Crippen molar-refractivity contribution in [1.82, 2.24) is 0 Å². The lowest BCUT2D eigenvalue weighted by atomic mass is 9.83. The van der Waals surface area contributed by atoms with E-state index >= 15 is 0 Å². The van der Waals surface area contributed by atoms with Crippen LogP contribution in [0.4, 0.5) is 0 Å². The normalized spacial score (nSPS) is 14.5. The van der Waals surface area contributed by atoms with E-state index in [-0.39, 0.29) is 11.8 Å². The highest BCUT2D eigenvalue weighted by molar-refractivity contribution is 5.91. The van der Waals surface area contributed by atoms with E-state index < -0.39 is 5.97 Å². The van der Waals surface area contributed by atoms with Gasteiger partial charge in [0.2, 0.25) is 5.88 Å². The first kappa shape index (κ1) is 21.7. The molecule has 1 aliphatic heterocycles. The third-order valence-corrected chi connectivity index (χ3v) is 5.27. The minimum atomic E-state index is -0.516. The van der Waals surface area contributed by atoms with Crippen LogP contribution >= 0.6 is 0 Å². The first-order valence-electron chi connectivity index (χ1n) is 10.3. The molecular weight excluding hydrogens is 416 g/mol. The SMILES string of the molecule is C=CCOc1ccc(C(=O)Oc2ccc3c(c2)OC(N)=C(C#N)C3c2ccc(C)cc2)cc1. The van der Waals surface area contributed by atoms with Gasteiger partial charge in [-0.15, -0.1) is 0 Å². The minimum Gasteiger partial charge on any atom is -0.490 e. The number of nitriles is 1. The summed E-state index contributed by atoms with van der Waals surface area (Å²) in [6.45, 7) is 5.98. The quantitative estimate of drug-likeness (QED) is 0.331. The Hall–Kier alpha value is -4.50. The highest BCUT2D eigenvalue weighted by Gasteiger charge is 2.31. The Morgan fingerprint density at radius 2 is 1.82 bits per heavy atom. The number of nitrogens with two attached hydrogens (primary N) is 1. The van der Waals surface area contributed by atoms with E-state index in [9.17, 15) is 10.1 Å². The molecule has 0 saturated carbocycles. The van der Waals surface area contributed by atoms with E-state index in [0.717, 1.165) is 16.7 Å². The molecule has 6 heteroatoms. The summed E-state index contributed by atoms with van der Waals surface area (Å²) in [6, 6.07) is 21.8. The Labute approximate surface area is 192 Å². The highest BCUT2D eigenvalue weighted by atomic mass is 16.5. The number of carbonyl (C=O) groups is 1. The van der Waals surface area contributed by atoms with E-state index in [0.29, 0.717) is 35.0 Å². The smallest absolute Gasteiger partial charge is 0.343 e. The number of fused-ring (bicyclic) bond motifs is 1. The summed E-state index contributed by atoms with van der Waals surface area (Å²) < 4.78 is 16.7. The van der Waals surface area contributed by atoms with Crippen LogP contribution in [0.2, 0.25) is 0 Å². The molecule has 0 aliphatic carbocycles. The fraction of sp³-hybridized carbons (Fsp3) is 0.111. The van der Waals surface area contributed by atoms with Gasteiger partial charge in [0.1, 0.15) is 35.5 Å². The van der Waals surface area contributed by atoms with E-state index in [4.69, 9.17) is 19.9 Å². The van der Waals surface area contributed by atoms with Gasteiger partial charge in [0, 0.05) is 11.6 Å². The van der Waals surface area contributed by atoms with Crippen molar-refractivity contribution in [3.63, 3.8) is 0 Å². The van der Waals surface area contributed by atoms with Crippen LogP contribution in [0.5, 0.6) is 17.2 Å². The fourth-order valence-corrected chi connectivity index (χ4v) is 3.61. The summed E-state index contributed by atoms with van der Waals surface area (Å²) in [6.07, 6.45) is 1.64. The van der Waals surface area contributed by atoms with E-state index in [1.165, 1.54) is 0 Å². The van der Waals surface area contributed by atoms with Gasteiger partial charge in [0.05, 0.1) is 11.5 Å². The molecule has 1 atom stereocenters. The Morgan fingerprint density at radius 1 is 1.12 bits per heavy atom. The Bertz CT molecular complexity index is 1270. The number of ether oxygens (including phenoxy) is 3. The van der Waals surface area contributed by atoms with Gasteiger partial charge in [0.15, 0.2) is 0 Å². The zero-order chi connectivity index (χ0) is 23.4. The number of carbonyl (C=O) groups excluding carboxylic acids is 1. The maximum absolute atomic E-state index is 12.6. The highest BCUT2D eigenvalue weighted by Crippen LogP contribution is 2.43. The number of hydrogen-bond acceptors (Lipinski definition) is 6. The van der Waals surface area contributed by atoms with Crippen molar-refractivity contribution in [2.45, 2.75) is 12.8 Å². The second kappa shape index (κ2) is 9.33.